The van der Waals surface area contributed by atoms with E-state index in [0.717, 1.165) is 18.2 Å². The number of pyridine rings is 1. The molecule has 1 aromatic carbocycles. The predicted octanol–water partition coefficient (Wildman–Crippen LogP) is 2.10. The standard InChI is InChI=1S/C18H18N2O6S/c1-27(24,25)16-7-5-13(10-19-16)26-15-9-12(4-6-14(15)18(22)23)11-20-8-2-3-17(20)21/h4-7,9-10H,2-3,8,11H2,1H3,(H,22,23). The van der Waals surface area contributed by atoms with Crippen LogP contribution in [0.15, 0.2) is 41.6 Å². The molecule has 1 aromatic heterocycles. The normalized spacial score (nSPS) is 14.4. The fourth-order valence-corrected chi connectivity index (χ4v) is 3.35. The zero-order chi connectivity index (χ0) is 19.6. The molecule has 1 amide bonds. The van der Waals surface area contributed by atoms with Crippen molar-refractivity contribution in [2.45, 2.75) is 24.4 Å². The van der Waals surface area contributed by atoms with Crippen LogP contribution in [0.3, 0.4) is 0 Å². The van der Waals surface area contributed by atoms with Gasteiger partial charge in [-0.3, -0.25) is 4.79 Å². The Bertz CT molecular complexity index is 985. The number of benzene rings is 1. The molecule has 0 aliphatic carbocycles. The summed E-state index contributed by atoms with van der Waals surface area (Å²) in [7, 11) is -3.44. The van der Waals surface area contributed by atoms with E-state index in [1.807, 2.05) is 0 Å². The summed E-state index contributed by atoms with van der Waals surface area (Å²) in [5, 5.41) is 9.27. The lowest BCUT2D eigenvalue weighted by molar-refractivity contribution is -0.128. The quantitative estimate of drug-likeness (QED) is 0.803. The number of rotatable bonds is 6. The highest BCUT2D eigenvalue weighted by molar-refractivity contribution is 7.90. The van der Waals surface area contributed by atoms with Gasteiger partial charge in [0.25, 0.3) is 0 Å². The average molecular weight is 390 g/mol. The molecule has 0 unspecified atom stereocenters. The summed E-state index contributed by atoms with van der Waals surface area (Å²) in [5.74, 6) is -0.783. The van der Waals surface area contributed by atoms with Crippen molar-refractivity contribution in [1.82, 2.24) is 9.88 Å². The van der Waals surface area contributed by atoms with Crippen molar-refractivity contribution in [3.8, 4) is 11.5 Å². The van der Waals surface area contributed by atoms with E-state index in [2.05, 4.69) is 4.98 Å². The molecule has 0 saturated carbocycles. The number of carbonyl (C=O) groups is 2. The van der Waals surface area contributed by atoms with Gasteiger partial charge in [0.2, 0.25) is 5.91 Å². The third-order valence-electron chi connectivity index (χ3n) is 4.14. The number of sulfone groups is 1. The molecule has 8 nitrogen and oxygen atoms in total. The lowest BCUT2D eigenvalue weighted by Gasteiger charge is -2.17. The maximum absolute atomic E-state index is 11.8. The first kappa shape index (κ1) is 18.8. The third kappa shape index (κ3) is 4.43. The SMILES string of the molecule is CS(=O)(=O)c1ccc(Oc2cc(CN3CCCC3=O)ccc2C(=O)O)cn1. The zero-order valence-corrected chi connectivity index (χ0v) is 15.4. The summed E-state index contributed by atoms with van der Waals surface area (Å²) in [6.45, 7) is 1.05. The summed E-state index contributed by atoms with van der Waals surface area (Å²) < 4.78 is 28.6. The molecule has 142 valence electrons. The molecule has 0 radical (unpaired) electrons. The van der Waals surface area contributed by atoms with Crippen molar-refractivity contribution in [1.29, 1.82) is 0 Å². The van der Waals surface area contributed by atoms with Crippen molar-refractivity contribution in [2.75, 3.05) is 12.8 Å². The number of aromatic carboxylic acids is 1. The van der Waals surface area contributed by atoms with Gasteiger partial charge in [-0.2, -0.15) is 0 Å². The number of carboxylic acid groups (broad SMARTS) is 1. The van der Waals surface area contributed by atoms with Crippen LogP contribution >= 0.6 is 0 Å². The highest BCUT2D eigenvalue weighted by Crippen LogP contribution is 2.28. The van der Waals surface area contributed by atoms with Crippen LogP contribution in [0.4, 0.5) is 0 Å². The first-order valence-electron chi connectivity index (χ1n) is 8.22. The van der Waals surface area contributed by atoms with E-state index in [9.17, 15) is 23.1 Å². The van der Waals surface area contributed by atoms with E-state index in [1.165, 1.54) is 24.4 Å². The van der Waals surface area contributed by atoms with Crippen molar-refractivity contribution in [3.63, 3.8) is 0 Å². The minimum Gasteiger partial charge on any atom is -0.478 e. The number of ether oxygens (including phenoxy) is 1. The Morgan fingerprint density at radius 2 is 2.07 bits per heavy atom. The number of hydrogen-bond acceptors (Lipinski definition) is 6. The summed E-state index contributed by atoms with van der Waals surface area (Å²) in [5.41, 5.74) is 0.699. The maximum Gasteiger partial charge on any atom is 0.339 e. The van der Waals surface area contributed by atoms with Gasteiger partial charge in [-0.05, 0) is 36.2 Å². The molecule has 27 heavy (non-hydrogen) atoms. The minimum absolute atomic E-state index is 0.0429. The summed E-state index contributed by atoms with van der Waals surface area (Å²) in [6, 6.07) is 7.34. The summed E-state index contributed by atoms with van der Waals surface area (Å²) in [4.78, 5) is 28.8. The molecule has 1 N–H and O–H groups in total. The van der Waals surface area contributed by atoms with Crippen LogP contribution in [-0.4, -0.2) is 48.1 Å². The van der Waals surface area contributed by atoms with E-state index >= 15 is 0 Å². The van der Waals surface area contributed by atoms with Gasteiger partial charge in [-0.25, -0.2) is 18.2 Å². The summed E-state index contributed by atoms with van der Waals surface area (Å²) in [6.07, 6.45) is 3.60. The van der Waals surface area contributed by atoms with Crippen LogP contribution in [0, 0.1) is 0 Å². The first-order valence-corrected chi connectivity index (χ1v) is 10.1. The minimum atomic E-state index is -3.44. The van der Waals surface area contributed by atoms with Gasteiger partial charge in [0.15, 0.2) is 14.9 Å². The van der Waals surface area contributed by atoms with Gasteiger partial charge in [0.1, 0.15) is 17.1 Å². The number of carbonyl (C=O) groups excluding carboxylic acids is 1. The van der Waals surface area contributed by atoms with Crippen LogP contribution < -0.4 is 4.74 Å². The Morgan fingerprint density at radius 1 is 1.30 bits per heavy atom. The molecule has 1 aliphatic heterocycles. The number of amides is 1. The Labute approximate surface area is 156 Å². The molecule has 9 heteroatoms. The van der Waals surface area contributed by atoms with Crippen LogP contribution in [0.1, 0.15) is 28.8 Å². The van der Waals surface area contributed by atoms with E-state index in [1.54, 1.807) is 17.0 Å². The number of likely N-dealkylation sites (tertiary alicyclic amines) is 1. The fourth-order valence-electron chi connectivity index (χ4n) is 2.79. The molecule has 0 atom stereocenters. The molecule has 2 aromatic rings. The van der Waals surface area contributed by atoms with Gasteiger partial charge < -0.3 is 14.7 Å². The Balaban J connectivity index is 1.86. The zero-order valence-electron chi connectivity index (χ0n) is 14.6. The molecule has 0 spiro atoms. The number of aromatic nitrogens is 1. The maximum atomic E-state index is 11.8. The number of hydrogen-bond donors (Lipinski definition) is 1. The monoisotopic (exact) mass is 390 g/mol. The Morgan fingerprint density at radius 3 is 2.63 bits per heavy atom. The smallest absolute Gasteiger partial charge is 0.339 e. The molecule has 0 bridgehead atoms. The third-order valence-corrected chi connectivity index (χ3v) is 5.14. The van der Waals surface area contributed by atoms with Crippen LogP contribution in [0.25, 0.3) is 0 Å². The first-order chi connectivity index (χ1) is 12.7. The highest BCUT2D eigenvalue weighted by Gasteiger charge is 2.21. The second kappa shape index (κ2) is 7.36. The lowest BCUT2D eigenvalue weighted by atomic mass is 10.1. The second-order valence-corrected chi connectivity index (χ2v) is 8.22. The average Bonchev–Trinajstić information content (AvgIpc) is 2.99. The predicted molar refractivity (Wildman–Crippen MR) is 95.5 cm³/mol. The molecule has 2 heterocycles. The van der Waals surface area contributed by atoms with Gasteiger partial charge in [0.05, 0.1) is 6.20 Å². The molecule has 1 fully saturated rings. The van der Waals surface area contributed by atoms with Crippen LogP contribution in [-0.2, 0) is 21.2 Å². The second-order valence-electron chi connectivity index (χ2n) is 6.26. The van der Waals surface area contributed by atoms with Crippen molar-refractivity contribution in [3.05, 3.63) is 47.7 Å². The summed E-state index contributed by atoms with van der Waals surface area (Å²) >= 11 is 0. The van der Waals surface area contributed by atoms with Crippen LogP contribution in [0.2, 0.25) is 0 Å². The molecule has 1 saturated heterocycles. The fraction of sp³-hybridized carbons (Fsp3) is 0.278. The van der Waals surface area contributed by atoms with Gasteiger partial charge in [-0.15, -0.1) is 0 Å². The van der Waals surface area contributed by atoms with E-state index in [4.69, 9.17) is 4.74 Å². The van der Waals surface area contributed by atoms with Crippen molar-refractivity contribution in [2.24, 2.45) is 0 Å². The number of carboxylic acids is 1. The molecule has 3 rings (SSSR count). The van der Waals surface area contributed by atoms with Crippen LogP contribution in [0.5, 0.6) is 11.5 Å². The molecule has 1 aliphatic rings. The van der Waals surface area contributed by atoms with E-state index < -0.39 is 15.8 Å². The van der Waals surface area contributed by atoms with E-state index in [-0.39, 0.29) is 28.0 Å². The van der Waals surface area contributed by atoms with Crippen molar-refractivity contribution < 1.29 is 27.9 Å². The largest absolute Gasteiger partial charge is 0.478 e. The molecular formula is C18H18N2O6S. The topological polar surface area (TPSA) is 114 Å². The number of nitrogens with zero attached hydrogens (tertiary/aromatic N) is 2. The van der Waals surface area contributed by atoms with Gasteiger partial charge in [0, 0.05) is 25.8 Å². The van der Waals surface area contributed by atoms with E-state index in [0.29, 0.717) is 19.5 Å². The Hall–Kier alpha value is -2.94. The Kier molecular flexibility index (Phi) is 5.13. The van der Waals surface area contributed by atoms with Crippen molar-refractivity contribution >= 4 is 21.7 Å². The van der Waals surface area contributed by atoms with Gasteiger partial charge in [-0.1, -0.05) is 6.07 Å². The highest BCUT2D eigenvalue weighted by atomic mass is 32.2. The lowest BCUT2D eigenvalue weighted by Crippen LogP contribution is -2.23. The van der Waals surface area contributed by atoms with Gasteiger partial charge >= 0.3 is 5.97 Å². The molecular weight excluding hydrogens is 372 g/mol.